The molecule has 1 fully saturated rings. The first kappa shape index (κ1) is 17.4. The molecular weight excluding hydrogens is 326 g/mol. The van der Waals surface area contributed by atoms with Crippen molar-refractivity contribution in [2.24, 2.45) is 5.41 Å². The predicted octanol–water partition coefficient (Wildman–Crippen LogP) is 2.97. The molecule has 2 heterocycles. The summed E-state index contributed by atoms with van der Waals surface area (Å²) in [7, 11) is 1.58. The lowest BCUT2D eigenvalue weighted by atomic mass is 9.77. The first-order chi connectivity index (χ1) is 11.6. The topological polar surface area (TPSA) is 66.8 Å². The van der Waals surface area contributed by atoms with Crippen LogP contribution in [-0.4, -0.2) is 48.7 Å². The van der Waals surface area contributed by atoms with Crippen molar-refractivity contribution in [1.29, 1.82) is 0 Å². The molecule has 0 saturated carbocycles. The van der Waals surface area contributed by atoms with Gasteiger partial charge in [-0.05, 0) is 50.5 Å². The molecule has 0 spiro atoms. The molecule has 1 aromatic heterocycles. The predicted molar refractivity (Wildman–Crippen MR) is 92.7 cm³/mol. The summed E-state index contributed by atoms with van der Waals surface area (Å²) in [5.41, 5.74) is 1.14. The van der Waals surface area contributed by atoms with Crippen LogP contribution in [0.1, 0.15) is 52.9 Å². The number of hydrogen-bond donors (Lipinski definition) is 1. The second-order valence-corrected chi connectivity index (χ2v) is 7.88. The van der Waals surface area contributed by atoms with Crippen molar-refractivity contribution < 1.29 is 19.4 Å². The van der Waals surface area contributed by atoms with Crippen molar-refractivity contribution in [2.75, 3.05) is 26.8 Å². The SMILES string of the molecule is COCC[C@]1(C(=O)O)CCCN(C(=O)c2csc3c2CCCC3)C1. The lowest BCUT2D eigenvalue weighted by molar-refractivity contribution is -0.153. The highest BCUT2D eigenvalue weighted by Crippen LogP contribution is 2.36. The Morgan fingerprint density at radius 1 is 1.33 bits per heavy atom. The molecule has 1 N–H and O–H groups in total. The largest absolute Gasteiger partial charge is 0.481 e. The molecule has 0 bridgehead atoms. The molecule has 5 nitrogen and oxygen atoms in total. The van der Waals surface area contributed by atoms with Crippen molar-refractivity contribution in [1.82, 2.24) is 4.90 Å². The minimum atomic E-state index is -0.875. The molecule has 24 heavy (non-hydrogen) atoms. The second-order valence-electron chi connectivity index (χ2n) is 6.92. The number of carboxylic acids is 1. The van der Waals surface area contributed by atoms with E-state index in [2.05, 4.69) is 0 Å². The number of carboxylic acid groups (broad SMARTS) is 1. The molecule has 1 saturated heterocycles. The molecule has 1 aliphatic carbocycles. The van der Waals surface area contributed by atoms with E-state index in [1.54, 1.807) is 23.3 Å². The zero-order valence-electron chi connectivity index (χ0n) is 14.2. The maximum Gasteiger partial charge on any atom is 0.311 e. The first-order valence-corrected chi connectivity index (χ1v) is 9.56. The number of methoxy groups -OCH3 is 1. The molecule has 1 amide bonds. The molecule has 0 unspecified atom stereocenters. The number of rotatable bonds is 5. The van der Waals surface area contributed by atoms with E-state index in [9.17, 15) is 14.7 Å². The number of aryl methyl sites for hydroxylation is 1. The van der Waals surface area contributed by atoms with Gasteiger partial charge in [-0.2, -0.15) is 0 Å². The fourth-order valence-corrected chi connectivity index (χ4v) is 5.05. The number of thiophene rings is 1. The molecule has 0 radical (unpaired) electrons. The van der Waals surface area contributed by atoms with E-state index >= 15 is 0 Å². The van der Waals surface area contributed by atoms with Crippen LogP contribution in [0, 0.1) is 5.41 Å². The van der Waals surface area contributed by atoms with Crippen LogP contribution in [0.25, 0.3) is 0 Å². The molecule has 132 valence electrons. The lowest BCUT2D eigenvalue weighted by Gasteiger charge is -2.40. The molecular formula is C18H25NO4S. The normalized spacial score (nSPS) is 23.8. The summed E-state index contributed by atoms with van der Waals surface area (Å²) in [5, 5.41) is 11.7. The highest BCUT2D eigenvalue weighted by Gasteiger charge is 2.43. The third-order valence-electron chi connectivity index (χ3n) is 5.39. The molecule has 3 rings (SSSR count). The summed E-state index contributed by atoms with van der Waals surface area (Å²) in [4.78, 5) is 28.0. The summed E-state index contributed by atoms with van der Waals surface area (Å²) in [6.45, 7) is 1.34. The Kier molecular flexibility index (Phi) is 5.25. The van der Waals surface area contributed by atoms with Gasteiger partial charge in [-0.3, -0.25) is 9.59 Å². The van der Waals surface area contributed by atoms with E-state index in [-0.39, 0.29) is 12.5 Å². The van der Waals surface area contributed by atoms with Crippen LogP contribution in [0.15, 0.2) is 5.38 Å². The minimum Gasteiger partial charge on any atom is -0.481 e. The van der Waals surface area contributed by atoms with Gasteiger partial charge in [0.1, 0.15) is 0 Å². The fraction of sp³-hybridized carbons (Fsp3) is 0.667. The summed E-state index contributed by atoms with van der Waals surface area (Å²) >= 11 is 1.68. The number of carbonyl (C=O) groups is 2. The van der Waals surface area contributed by atoms with Gasteiger partial charge in [0.25, 0.3) is 5.91 Å². The molecule has 0 aromatic carbocycles. The van der Waals surface area contributed by atoms with Gasteiger partial charge in [0, 0.05) is 37.1 Å². The first-order valence-electron chi connectivity index (χ1n) is 8.68. The van der Waals surface area contributed by atoms with E-state index in [0.29, 0.717) is 26.0 Å². The van der Waals surface area contributed by atoms with Gasteiger partial charge in [0.05, 0.1) is 11.0 Å². The van der Waals surface area contributed by atoms with E-state index in [1.807, 2.05) is 5.38 Å². The number of carbonyl (C=O) groups excluding carboxylic acids is 1. The van der Waals surface area contributed by atoms with Gasteiger partial charge in [-0.25, -0.2) is 0 Å². The summed E-state index contributed by atoms with van der Waals surface area (Å²) in [6.07, 6.45) is 6.16. The van der Waals surface area contributed by atoms with Gasteiger partial charge >= 0.3 is 5.97 Å². The van der Waals surface area contributed by atoms with Crippen molar-refractivity contribution >= 4 is 23.2 Å². The number of likely N-dealkylation sites (tertiary alicyclic amines) is 1. The third kappa shape index (κ3) is 3.22. The quantitative estimate of drug-likeness (QED) is 0.886. The number of nitrogens with zero attached hydrogens (tertiary/aromatic N) is 1. The Bertz CT molecular complexity index is 627. The van der Waals surface area contributed by atoms with Gasteiger partial charge < -0.3 is 14.7 Å². The number of aliphatic carboxylic acids is 1. The Balaban J connectivity index is 1.80. The molecule has 2 aliphatic rings. The van der Waals surface area contributed by atoms with E-state index in [0.717, 1.165) is 31.2 Å². The second kappa shape index (κ2) is 7.23. The van der Waals surface area contributed by atoms with Gasteiger partial charge in [0.2, 0.25) is 0 Å². The van der Waals surface area contributed by atoms with Crippen molar-refractivity contribution in [2.45, 2.75) is 44.9 Å². The van der Waals surface area contributed by atoms with Crippen LogP contribution in [0.5, 0.6) is 0 Å². The average Bonchev–Trinajstić information content (AvgIpc) is 3.03. The number of amides is 1. The van der Waals surface area contributed by atoms with Crippen LogP contribution >= 0.6 is 11.3 Å². The average molecular weight is 351 g/mol. The zero-order valence-corrected chi connectivity index (χ0v) is 15.0. The number of ether oxygens (including phenoxy) is 1. The Hall–Kier alpha value is -1.40. The van der Waals surface area contributed by atoms with Crippen molar-refractivity contribution in [3.05, 3.63) is 21.4 Å². The Labute approximate surface area is 146 Å². The van der Waals surface area contributed by atoms with Crippen molar-refractivity contribution in [3.63, 3.8) is 0 Å². The summed E-state index contributed by atoms with van der Waals surface area (Å²) in [5.74, 6) is -0.804. The highest BCUT2D eigenvalue weighted by atomic mass is 32.1. The Morgan fingerprint density at radius 3 is 2.88 bits per heavy atom. The third-order valence-corrected chi connectivity index (χ3v) is 6.48. The standard InChI is InChI=1S/C18H25NO4S/c1-23-10-8-18(17(21)22)7-4-9-19(12-18)16(20)14-11-24-15-6-3-2-5-13(14)15/h11H,2-10,12H2,1H3,(H,21,22)/t18-/m1/s1. The molecule has 1 aromatic rings. The summed E-state index contributed by atoms with van der Waals surface area (Å²) in [6, 6.07) is 0. The van der Waals surface area contributed by atoms with Crippen LogP contribution in [0.4, 0.5) is 0 Å². The van der Waals surface area contributed by atoms with Gasteiger partial charge in [0.15, 0.2) is 0 Å². The monoisotopic (exact) mass is 351 g/mol. The van der Waals surface area contributed by atoms with Gasteiger partial charge in [-0.1, -0.05) is 0 Å². The number of hydrogen-bond acceptors (Lipinski definition) is 4. The van der Waals surface area contributed by atoms with E-state index in [1.165, 1.54) is 16.9 Å². The van der Waals surface area contributed by atoms with Gasteiger partial charge in [-0.15, -0.1) is 11.3 Å². The van der Waals surface area contributed by atoms with Crippen LogP contribution in [0.2, 0.25) is 0 Å². The van der Waals surface area contributed by atoms with E-state index < -0.39 is 11.4 Å². The molecule has 1 aliphatic heterocycles. The minimum absolute atomic E-state index is 0.0112. The number of piperidine rings is 1. The van der Waals surface area contributed by atoms with Crippen LogP contribution in [0.3, 0.4) is 0 Å². The molecule has 1 atom stereocenters. The number of fused-ring (bicyclic) bond motifs is 1. The van der Waals surface area contributed by atoms with Crippen molar-refractivity contribution in [3.8, 4) is 0 Å². The zero-order chi connectivity index (χ0) is 17.2. The lowest BCUT2D eigenvalue weighted by Crippen LogP contribution is -2.50. The van der Waals surface area contributed by atoms with E-state index in [4.69, 9.17) is 4.74 Å². The fourth-order valence-electron chi connectivity index (χ4n) is 3.93. The maximum atomic E-state index is 13.0. The molecule has 6 heteroatoms. The van der Waals surface area contributed by atoms with Crippen LogP contribution in [-0.2, 0) is 22.4 Å². The maximum absolute atomic E-state index is 13.0. The van der Waals surface area contributed by atoms with Crippen LogP contribution < -0.4 is 0 Å². The Morgan fingerprint density at radius 2 is 2.12 bits per heavy atom. The smallest absolute Gasteiger partial charge is 0.311 e. The summed E-state index contributed by atoms with van der Waals surface area (Å²) < 4.78 is 5.10. The highest BCUT2D eigenvalue weighted by molar-refractivity contribution is 7.10.